The van der Waals surface area contributed by atoms with Gasteiger partial charge in [0.25, 0.3) is 11.8 Å². The summed E-state index contributed by atoms with van der Waals surface area (Å²) in [5, 5.41) is 0.430. The Bertz CT molecular complexity index is 1050. The first-order valence-electron chi connectivity index (χ1n) is 9.50. The number of nitrogens with zero attached hydrogens (tertiary/aromatic N) is 1. The quantitative estimate of drug-likeness (QED) is 0.375. The second-order valence-electron chi connectivity index (χ2n) is 6.86. The second-order valence-corrected chi connectivity index (χ2v) is 8.97. The van der Waals surface area contributed by atoms with Gasteiger partial charge in [0.15, 0.2) is 0 Å². The highest BCUT2D eigenvalue weighted by Crippen LogP contribution is 2.32. The molecule has 0 unspecified atom stereocenters. The van der Waals surface area contributed by atoms with Gasteiger partial charge in [0.2, 0.25) is 5.91 Å². The molecule has 0 aromatic heterocycles. The summed E-state index contributed by atoms with van der Waals surface area (Å²) in [5.41, 5.74) is 7.12. The number of hydrogen-bond donors (Lipinski definition) is 2. The molecular formula is C22H20ClN3O3S2. The van der Waals surface area contributed by atoms with Crippen LogP contribution in [0.4, 0.5) is 0 Å². The Morgan fingerprint density at radius 3 is 2.61 bits per heavy atom. The molecule has 0 aliphatic carbocycles. The fraction of sp³-hybridized carbons (Fsp3) is 0.182. The van der Waals surface area contributed by atoms with Gasteiger partial charge in [0.05, 0.1) is 4.91 Å². The molecule has 0 spiro atoms. The molecule has 2 N–H and O–H groups in total. The van der Waals surface area contributed by atoms with Crippen LogP contribution in [-0.2, 0) is 9.59 Å². The predicted octanol–water partition coefficient (Wildman–Crippen LogP) is 4.09. The fourth-order valence-electron chi connectivity index (χ4n) is 2.80. The molecule has 1 heterocycles. The zero-order valence-corrected chi connectivity index (χ0v) is 19.1. The molecular weight excluding hydrogens is 454 g/mol. The molecule has 0 atom stereocenters. The molecule has 3 amide bonds. The summed E-state index contributed by atoms with van der Waals surface area (Å²) < 4.78 is 0.470. The number of rotatable bonds is 6. The molecule has 1 saturated heterocycles. The molecule has 2 aromatic carbocycles. The molecule has 3 rings (SSSR count). The number of amides is 3. The van der Waals surface area contributed by atoms with Gasteiger partial charge < -0.3 is 0 Å². The van der Waals surface area contributed by atoms with Gasteiger partial charge in [-0.05, 0) is 43.2 Å². The third kappa shape index (κ3) is 6.40. The van der Waals surface area contributed by atoms with Crippen LogP contribution in [0.2, 0.25) is 5.02 Å². The van der Waals surface area contributed by atoms with Gasteiger partial charge in [-0.15, -0.1) is 0 Å². The van der Waals surface area contributed by atoms with Gasteiger partial charge in [0.1, 0.15) is 4.32 Å². The number of benzene rings is 2. The van der Waals surface area contributed by atoms with Crippen molar-refractivity contribution in [2.75, 3.05) is 6.54 Å². The molecule has 0 saturated carbocycles. The highest BCUT2D eigenvalue weighted by atomic mass is 35.5. The summed E-state index contributed by atoms with van der Waals surface area (Å²) in [7, 11) is 0. The zero-order chi connectivity index (χ0) is 22.4. The molecule has 0 radical (unpaired) electrons. The maximum Gasteiger partial charge on any atom is 0.269 e. The first kappa shape index (κ1) is 23.0. The highest BCUT2D eigenvalue weighted by Gasteiger charge is 2.31. The minimum atomic E-state index is -0.464. The number of nitrogens with one attached hydrogen (secondary N) is 2. The lowest BCUT2D eigenvalue weighted by atomic mass is 10.1. The van der Waals surface area contributed by atoms with E-state index in [0.29, 0.717) is 32.8 Å². The number of thiocarbonyl (C=S) groups is 1. The summed E-state index contributed by atoms with van der Waals surface area (Å²) in [6.07, 6.45) is 2.35. The Kier molecular flexibility index (Phi) is 7.84. The van der Waals surface area contributed by atoms with Gasteiger partial charge in [0, 0.05) is 23.6 Å². The van der Waals surface area contributed by atoms with Gasteiger partial charge >= 0.3 is 0 Å². The third-order valence-corrected chi connectivity index (χ3v) is 6.05. The van der Waals surface area contributed by atoms with Crippen molar-refractivity contribution in [2.45, 2.75) is 19.8 Å². The Morgan fingerprint density at radius 2 is 1.90 bits per heavy atom. The predicted molar refractivity (Wildman–Crippen MR) is 127 cm³/mol. The smallest absolute Gasteiger partial charge is 0.269 e. The SMILES string of the molecule is Cc1ccc(/C=C2\SC(=S)N(CCCC(=O)NNC(=O)c3cccc(Cl)c3)C2=O)cc1. The first-order valence-corrected chi connectivity index (χ1v) is 11.1. The van der Waals surface area contributed by atoms with Gasteiger partial charge in [-0.1, -0.05) is 71.5 Å². The number of thioether (sulfide) groups is 1. The molecule has 160 valence electrons. The van der Waals surface area contributed by atoms with Crippen molar-refractivity contribution in [1.29, 1.82) is 0 Å². The van der Waals surface area contributed by atoms with Crippen molar-refractivity contribution in [3.05, 3.63) is 75.1 Å². The maximum atomic E-state index is 12.6. The van der Waals surface area contributed by atoms with Gasteiger partial charge in [-0.3, -0.25) is 30.1 Å². The highest BCUT2D eigenvalue weighted by molar-refractivity contribution is 8.26. The average Bonchev–Trinajstić information content (AvgIpc) is 3.01. The zero-order valence-electron chi connectivity index (χ0n) is 16.7. The number of carbonyl (C=O) groups is 3. The number of carbonyl (C=O) groups excluding carboxylic acids is 3. The minimum Gasteiger partial charge on any atom is -0.293 e. The number of hydrazine groups is 1. The molecule has 1 fully saturated rings. The molecule has 0 bridgehead atoms. The summed E-state index contributed by atoms with van der Waals surface area (Å²) in [4.78, 5) is 38.7. The van der Waals surface area contributed by atoms with Crippen LogP contribution in [0.15, 0.2) is 53.4 Å². The number of hydrogen-bond acceptors (Lipinski definition) is 5. The first-order chi connectivity index (χ1) is 14.8. The van der Waals surface area contributed by atoms with Gasteiger partial charge in [-0.2, -0.15) is 0 Å². The van der Waals surface area contributed by atoms with Crippen LogP contribution in [0.3, 0.4) is 0 Å². The van der Waals surface area contributed by atoms with Crippen LogP contribution in [0.25, 0.3) is 6.08 Å². The van der Waals surface area contributed by atoms with Crippen LogP contribution in [0, 0.1) is 6.92 Å². The third-order valence-electron chi connectivity index (χ3n) is 4.44. The van der Waals surface area contributed by atoms with Crippen LogP contribution in [0.1, 0.15) is 34.3 Å². The second kappa shape index (κ2) is 10.6. The van der Waals surface area contributed by atoms with Crippen molar-refractivity contribution >= 4 is 63.7 Å². The van der Waals surface area contributed by atoms with E-state index in [1.807, 2.05) is 37.3 Å². The van der Waals surface area contributed by atoms with Crippen molar-refractivity contribution < 1.29 is 14.4 Å². The molecule has 2 aromatic rings. The molecule has 31 heavy (non-hydrogen) atoms. The van der Waals surface area contributed by atoms with E-state index >= 15 is 0 Å². The Labute approximate surface area is 195 Å². The number of aryl methyl sites for hydroxylation is 1. The maximum absolute atomic E-state index is 12.6. The van der Waals surface area contributed by atoms with E-state index in [1.54, 1.807) is 18.2 Å². The van der Waals surface area contributed by atoms with Gasteiger partial charge in [-0.25, -0.2) is 0 Å². The Balaban J connectivity index is 1.46. The van der Waals surface area contributed by atoms with E-state index < -0.39 is 5.91 Å². The van der Waals surface area contributed by atoms with Crippen molar-refractivity contribution in [2.24, 2.45) is 0 Å². The molecule has 1 aliphatic rings. The van der Waals surface area contributed by atoms with Crippen LogP contribution >= 0.6 is 35.6 Å². The largest absolute Gasteiger partial charge is 0.293 e. The fourth-order valence-corrected chi connectivity index (χ4v) is 4.29. The van der Waals surface area contributed by atoms with E-state index in [4.69, 9.17) is 23.8 Å². The van der Waals surface area contributed by atoms with E-state index in [9.17, 15) is 14.4 Å². The lowest BCUT2D eigenvalue weighted by Crippen LogP contribution is -2.41. The van der Waals surface area contributed by atoms with Crippen molar-refractivity contribution in [1.82, 2.24) is 15.8 Å². The van der Waals surface area contributed by atoms with E-state index in [-0.39, 0.29) is 18.2 Å². The van der Waals surface area contributed by atoms with Crippen LogP contribution < -0.4 is 10.9 Å². The standard InChI is InChI=1S/C22H20ClN3O3S2/c1-14-7-9-15(10-8-14)12-18-21(29)26(22(30)31-18)11-3-6-19(27)24-25-20(28)16-4-2-5-17(23)13-16/h2,4-5,7-10,12-13H,3,6,11H2,1H3,(H,24,27)(H,25,28)/b18-12-. The van der Waals surface area contributed by atoms with E-state index in [1.165, 1.54) is 22.7 Å². The van der Waals surface area contributed by atoms with Crippen molar-refractivity contribution in [3.8, 4) is 0 Å². The molecule has 9 heteroatoms. The molecule has 1 aliphatic heterocycles. The Morgan fingerprint density at radius 1 is 1.16 bits per heavy atom. The van der Waals surface area contributed by atoms with E-state index in [2.05, 4.69) is 10.9 Å². The topological polar surface area (TPSA) is 78.5 Å². The monoisotopic (exact) mass is 473 g/mol. The summed E-state index contributed by atoms with van der Waals surface area (Å²) in [6, 6.07) is 14.3. The Hall–Kier alpha value is -2.68. The summed E-state index contributed by atoms with van der Waals surface area (Å²) >= 11 is 12.4. The van der Waals surface area contributed by atoms with E-state index in [0.717, 1.165) is 11.1 Å². The lowest BCUT2D eigenvalue weighted by molar-refractivity contribution is -0.124. The lowest BCUT2D eigenvalue weighted by Gasteiger charge is -2.14. The normalized spacial score (nSPS) is 14.8. The number of halogens is 1. The minimum absolute atomic E-state index is 0.129. The molecule has 6 nitrogen and oxygen atoms in total. The van der Waals surface area contributed by atoms with Crippen LogP contribution in [0.5, 0.6) is 0 Å². The van der Waals surface area contributed by atoms with Crippen LogP contribution in [-0.4, -0.2) is 33.5 Å². The summed E-state index contributed by atoms with van der Waals surface area (Å²) in [5.74, 6) is -0.990. The average molecular weight is 474 g/mol. The summed E-state index contributed by atoms with van der Waals surface area (Å²) in [6.45, 7) is 2.33. The van der Waals surface area contributed by atoms with Crippen molar-refractivity contribution in [3.63, 3.8) is 0 Å².